The minimum absolute atomic E-state index is 0.0240. The van der Waals surface area contributed by atoms with E-state index in [1.807, 2.05) is 30.3 Å². The third-order valence-corrected chi connectivity index (χ3v) is 5.33. The van der Waals surface area contributed by atoms with Gasteiger partial charge in [-0.1, -0.05) is 42.5 Å². The summed E-state index contributed by atoms with van der Waals surface area (Å²) in [6.45, 7) is 0.590. The first kappa shape index (κ1) is 22.0. The van der Waals surface area contributed by atoms with E-state index in [1.165, 1.54) is 6.21 Å². The lowest BCUT2D eigenvalue weighted by molar-refractivity contribution is -0.138. The van der Waals surface area contributed by atoms with Gasteiger partial charge in [0.25, 0.3) is 0 Å². The Morgan fingerprint density at radius 3 is 2.55 bits per heavy atom. The second-order valence-electron chi connectivity index (χ2n) is 7.53. The van der Waals surface area contributed by atoms with Crippen molar-refractivity contribution < 1.29 is 19.5 Å². The largest absolute Gasteiger partial charge is 0.481 e. The Morgan fingerprint density at radius 2 is 1.90 bits per heavy atom. The van der Waals surface area contributed by atoms with E-state index in [0.717, 1.165) is 23.2 Å². The summed E-state index contributed by atoms with van der Waals surface area (Å²) in [7, 11) is 0. The van der Waals surface area contributed by atoms with Crippen molar-refractivity contribution in [2.24, 2.45) is 16.9 Å². The molecular weight excluding hydrogens is 396 g/mol. The zero-order chi connectivity index (χ0) is 22.2. The molecule has 0 saturated carbocycles. The fourth-order valence-electron chi connectivity index (χ4n) is 3.81. The number of carbonyl (C=O) groups is 3. The maximum atomic E-state index is 13.0. The summed E-state index contributed by atoms with van der Waals surface area (Å²) in [5.41, 5.74) is 2.31. The molecule has 2 amide bonds. The lowest BCUT2D eigenvalue weighted by Crippen LogP contribution is -2.43. The molecule has 1 heterocycles. The SMILES string of the molecule is NN=Cc1ccc(N2CCCC(CC(=O)NC(CC(=O)O)c3ccccc3)C2=O)cc1. The van der Waals surface area contributed by atoms with Crippen molar-refractivity contribution in [1.82, 2.24) is 5.32 Å². The Hall–Kier alpha value is -3.68. The Balaban J connectivity index is 1.66. The first-order chi connectivity index (χ1) is 15.0. The maximum absolute atomic E-state index is 13.0. The standard InChI is InChI=1S/C23H26N4O4/c24-25-15-16-8-10-19(11-9-16)27-12-4-7-18(23(27)31)13-21(28)26-20(14-22(29)30)17-5-2-1-3-6-17/h1-3,5-6,8-11,15,18,20H,4,7,12-14,24H2,(H,26,28)(H,29,30). The van der Waals surface area contributed by atoms with E-state index in [2.05, 4.69) is 10.4 Å². The normalized spacial score (nSPS) is 17.5. The second kappa shape index (κ2) is 10.4. The minimum atomic E-state index is -1.00. The predicted octanol–water partition coefficient (Wildman–Crippen LogP) is 2.44. The van der Waals surface area contributed by atoms with Gasteiger partial charge in [-0.3, -0.25) is 14.4 Å². The molecule has 8 heteroatoms. The molecule has 1 aliphatic rings. The molecule has 0 bridgehead atoms. The summed E-state index contributed by atoms with van der Waals surface area (Å²) in [6.07, 6.45) is 2.73. The van der Waals surface area contributed by atoms with Crippen LogP contribution in [0.2, 0.25) is 0 Å². The number of carboxylic acid groups (broad SMARTS) is 1. The summed E-state index contributed by atoms with van der Waals surface area (Å²) < 4.78 is 0. The van der Waals surface area contributed by atoms with Gasteiger partial charge >= 0.3 is 5.97 Å². The van der Waals surface area contributed by atoms with Crippen molar-refractivity contribution in [3.8, 4) is 0 Å². The molecule has 2 unspecified atom stereocenters. The Bertz CT molecular complexity index is 944. The number of nitrogens with zero attached hydrogens (tertiary/aromatic N) is 2. The van der Waals surface area contributed by atoms with Gasteiger partial charge in [-0.2, -0.15) is 5.10 Å². The Labute approximate surface area is 180 Å². The molecule has 1 saturated heterocycles. The van der Waals surface area contributed by atoms with Gasteiger partial charge in [-0.15, -0.1) is 0 Å². The highest BCUT2D eigenvalue weighted by atomic mass is 16.4. The van der Waals surface area contributed by atoms with Crippen LogP contribution in [-0.2, 0) is 14.4 Å². The van der Waals surface area contributed by atoms with Crippen LogP contribution < -0.4 is 16.1 Å². The summed E-state index contributed by atoms with van der Waals surface area (Å²) >= 11 is 0. The van der Waals surface area contributed by atoms with E-state index in [1.54, 1.807) is 29.2 Å². The Morgan fingerprint density at radius 1 is 1.19 bits per heavy atom. The van der Waals surface area contributed by atoms with Crippen molar-refractivity contribution in [3.05, 3.63) is 65.7 Å². The molecule has 2 aromatic rings. The number of piperidine rings is 1. The first-order valence-corrected chi connectivity index (χ1v) is 10.2. The zero-order valence-corrected chi connectivity index (χ0v) is 17.1. The first-order valence-electron chi connectivity index (χ1n) is 10.2. The molecule has 1 aliphatic heterocycles. The molecule has 4 N–H and O–H groups in total. The fraction of sp³-hybridized carbons (Fsp3) is 0.304. The molecule has 8 nitrogen and oxygen atoms in total. The van der Waals surface area contributed by atoms with Gasteiger partial charge in [0, 0.05) is 24.6 Å². The molecular formula is C23H26N4O4. The number of amides is 2. The molecule has 0 radical (unpaired) electrons. The van der Waals surface area contributed by atoms with Crippen LogP contribution >= 0.6 is 0 Å². The van der Waals surface area contributed by atoms with Gasteiger partial charge in [0.2, 0.25) is 11.8 Å². The number of hydrazone groups is 1. The third-order valence-electron chi connectivity index (χ3n) is 5.33. The molecule has 1 fully saturated rings. The van der Waals surface area contributed by atoms with Crippen molar-refractivity contribution in [3.63, 3.8) is 0 Å². The number of nitrogens with two attached hydrogens (primary N) is 1. The van der Waals surface area contributed by atoms with Crippen LogP contribution in [0.4, 0.5) is 5.69 Å². The molecule has 0 aromatic heterocycles. The number of carboxylic acids is 1. The molecule has 162 valence electrons. The Kier molecular flexibility index (Phi) is 7.37. The molecule has 2 atom stereocenters. The average molecular weight is 422 g/mol. The number of benzene rings is 2. The van der Waals surface area contributed by atoms with E-state index < -0.39 is 17.9 Å². The van der Waals surface area contributed by atoms with Gasteiger partial charge in [0.15, 0.2) is 0 Å². The molecule has 2 aromatic carbocycles. The van der Waals surface area contributed by atoms with Crippen molar-refractivity contribution in [2.75, 3.05) is 11.4 Å². The zero-order valence-electron chi connectivity index (χ0n) is 17.1. The van der Waals surface area contributed by atoms with E-state index in [-0.39, 0.29) is 24.7 Å². The lowest BCUT2D eigenvalue weighted by Gasteiger charge is -2.32. The van der Waals surface area contributed by atoms with Gasteiger partial charge in [-0.05, 0) is 36.1 Å². The van der Waals surface area contributed by atoms with Crippen LogP contribution in [0.15, 0.2) is 59.7 Å². The van der Waals surface area contributed by atoms with Crippen LogP contribution in [0.1, 0.15) is 42.9 Å². The monoisotopic (exact) mass is 422 g/mol. The number of nitrogens with one attached hydrogen (secondary N) is 1. The quantitative estimate of drug-likeness (QED) is 0.342. The van der Waals surface area contributed by atoms with Crippen LogP contribution in [0.5, 0.6) is 0 Å². The van der Waals surface area contributed by atoms with Crippen molar-refractivity contribution >= 4 is 29.7 Å². The highest BCUT2D eigenvalue weighted by Crippen LogP contribution is 2.27. The van der Waals surface area contributed by atoms with Gasteiger partial charge in [-0.25, -0.2) is 0 Å². The summed E-state index contributed by atoms with van der Waals surface area (Å²) in [5.74, 6) is 3.28. The second-order valence-corrected chi connectivity index (χ2v) is 7.53. The molecule has 0 spiro atoms. The smallest absolute Gasteiger partial charge is 0.305 e. The molecule has 31 heavy (non-hydrogen) atoms. The van der Waals surface area contributed by atoms with Crippen LogP contribution in [0.3, 0.4) is 0 Å². The predicted molar refractivity (Wildman–Crippen MR) is 117 cm³/mol. The van der Waals surface area contributed by atoms with E-state index in [4.69, 9.17) is 5.84 Å². The minimum Gasteiger partial charge on any atom is -0.481 e. The summed E-state index contributed by atoms with van der Waals surface area (Å²) in [6, 6.07) is 15.6. The highest BCUT2D eigenvalue weighted by molar-refractivity contribution is 5.98. The molecule has 3 rings (SSSR count). The molecule has 0 aliphatic carbocycles. The third kappa shape index (κ3) is 5.91. The van der Waals surface area contributed by atoms with E-state index in [9.17, 15) is 19.5 Å². The van der Waals surface area contributed by atoms with Gasteiger partial charge in [0.1, 0.15) is 0 Å². The van der Waals surface area contributed by atoms with E-state index >= 15 is 0 Å². The highest BCUT2D eigenvalue weighted by Gasteiger charge is 2.32. The van der Waals surface area contributed by atoms with Gasteiger partial charge in [0.05, 0.1) is 18.7 Å². The summed E-state index contributed by atoms with van der Waals surface area (Å²) in [4.78, 5) is 38.6. The topological polar surface area (TPSA) is 125 Å². The van der Waals surface area contributed by atoms with Crippen molar-refractivity contribution in [1.29, 1.82) is 0 Å². The van der Waals surface area contributed by atoms with Crippen LogP contribution in [0.25, 0.3) is 0 Å². The lowest BCUT2D eigenvalue weighted by atomic mass is 9.92. The number of carbonyl (C=O) groups excluding carboxylic acids is 2. The van der Waals surface area contributed by atoms with Crippen LogP contribution in [-0.4, -0.2) is 35.6 Å². The summed E-state index contributed by atoms with van der Waals surface area (Å²) in [5, 5.41) is 15.5. The van der Waals surface area contributed by atoms with Gasteiger partial charge < -0.3 is 21.2 Å². The fourth-order valence-corrected chi connectivity index (χ4v) is 3.81. The number of hydrogen-bond donors (Lipinski definition) is 3. The van der Waals surface area contributed by atoms with E-state index in [0.29, 0.717) is 13.0 Å². The van der Waals surface area contributed by atoms with Crippen molar-refractivity contribution in [2.45, 2.75) is 31.7 Å². The average Bonchev–Trinajstić information content (AvgIpc) is 2.76. The maximum Gasteiger partial charge on any atom is 0.305 e. The number of hydrogen-bond acceptors (Lipinski definition) is 5. The number of rotatable bonds is 8. The number of aliphatic carboxylic acids is 1. The number of anilines is 1. The van der Waals surface area contributed by atoms with Crippen LogP contribution in [0, 0.1) is 5.92 Å².